The van der Waals surface area contributed by atoms with Gasteiger partial charge in [-0.15, -0.1) is 0 Å². The Balaban J connectivity index is 1.69. The van der Waals surface area contributed by atoms with E-state index in [0.29, 0.717) is 11.3 Å². The Labute approximate surface area is 210 Å². The number of Topliss-reactive ketones (excluding diaryl/α,β-unsaturated/α-hetero) is 1. The van der Waals surface area contributed by atoms with E-state index in [-0.39, 0.29) is 35.2 Å². The van der Waals surface area contributed by atoms with E-state index in [1.807, 2.05) is 0 Å². The largest absolute Gasteiger partial charge is 0.325 e. The zero-order chi connectivity index (χ0) is 25.9. The van der Waals surface area contributed by atoms with Crippen LogP contribution >= 0.6 is 0 Å². The van der Waals surface area contributed by atoms with Gasteiger partial charge < -0.3 is 5.32 Å². The van der Waals surface area contributed by atoms with Gasteiger partial charge in [-0.25, -0.2) is 16.8 Å². The number of benzene rings is 3. The first-order valence-corrected chi connectivity index (χ1v) is 14.0. The third kappa shape index (κ3) is 5.24. The molecule has 4 rings (SSSR count). The van der Waals surface area contributed by atoms with Crippen molar-refractivity contribution in [3.8, 4) is 0 Å². The van der Waals surface area contributed by atoms with Gasteiger partial charge in [0.15, 0.2) is 5.78 Å². The number of piperazine rings is 1. The summed E-state index contributed by atoms with van der Waals surface area (Å²) < 4.78 is 55.6. The molecule has 0 spiro atoms. The van der Waals surface area contributed by atoms with Crippen LogP contribution in [0.5, 0.6) is 0 Å². The summed E-state index contributed by atoms with van der Waals surface area (Å²) in [7, 11) is -8.07. The molecule has 0 aromatic heterocycles. The molecular formula is C25H25N3O6S2. The van der Waals surface area contributed by atoms with Gasteiger partial charge in [-0.1, -0.05) is 48.5 Å². The monoisotopic (exact) mass is 527 g/mol. The van der Waals surface area contributed by atoms with Gasteiger partial charge in [0.25, 0.3) is 0 Å². The van der Waals surface area contributed by atoms with Gasteiger partial charge in [0.05, 0.1) is 9.79 Å². The topological polar surface area (TPSA) is 121 Å². The number of amides is 1. The van der Waals surface area contributed by atoms with E-state index in [4.69, 9.17) is 0 Å². The molecule has 1 aliphatic rings. The molecule has 1 saturated heterocycles. The van der Waals surface area contributed by atoms with Gasteiger partial charge >= 0.3 is 0 Å². The fourth-order valence-corrected chi connectivity index (χ4v) is 7.02. The van der Waals surface area contributed by atoms with Crippen molar-refractivity contribution < 1.29 is 26.4 Å². The Bertz CT molecular complexity index is 1480. The molecule has 1 aliphatic heterocycles. The molecule has 3 aromatic carbocycles. The summed E-state index contributed by atoms with van der Waals surface area (Å²) in [4.78, 5) is 25.2. The molecule has 3 aromatic rings. The molecule has 1 atom stereocenters. The minimum atomic E-state index is -4.11. The minimum absolute atomic E-state index is 0.000688. The zero-order valence-electron chi connectivity index (χ0n) is 19.4. The van der Waals surface area contributed by atoms with E-state index < -0.39 is 32.0 Å². The van der Waals surface area contributed by atoms with Crippen molar-refractivity contribution in [3.63, 3.8) is 0 Å². The average Bonchev–Trinajstić information content (AvgIpc) is 2.89. The number of hydrogen-bond donors (Lipinski definition) is 1. The Morgan fingerprint density at radius 2 is 1.36 bits per heavy atom. The fraction of sp³-hybridized carbons (Fsp3) is 0.200. The van der Waals surface area contributed by atoms with Gasteiger partial charge in [-0.05, 0) is 43.3 Å². The molecule has 9 nitrogen and oxygen atoms in total. The maximum Gasteiger partial charge on any atom is 0.244 e. The van der Waals surface area contributed by atoms with E-state index in [1.165, 1.54) is 37.3 Å². The number of rotatable bonds is 7. The van der Waals surface area contributed by atoms with Crippen molar-refractivity contribution in [3.05, 3.63) is 90.5 Å². The number of hydrogen-bond acceptors (Lipinski definition) is 6. The highest BCUT2D eigenvalue weighted by Crippen LogP contribution is 2.26. The molecular weight excluding hydrogens is 502 g/mol. The molecule has 188 valence electrons. The maximum absolute atomic E-state index is 13.5. The summed E-state index contributed by atoms with van der Waals surface area (Å²) in [5.74, 6) is -0.902. The molecule has 11 heteroatoms. The lowest BCUT2D eigenvalue weighted by atomic mass is 10.1. The predicted octanol–water partition coefficient (Wildman–Crippen LogP) is 2.59. The number of nitrogens with one attached hydrogen (secondary N) is 1. The lowest BCUT2D eigenvalue weighted by Crippen LogP contribution is -2.60. The second-order valence-electron chi connectivity index (χ2n) is 8.25. The second-order valence-corrected chi connectivity index (χ2v) is 12.1. The summed E-state index contributed by atoms with van der Waals surface area (Å²) in [5, 5.41) is 2.65. The smallest absolute Gasteiger partial charge is 0.244 e. The molecule has 0 unspecified atom stereocenters. The van der Waals surface area contributed by atoms with Crippen molar-refractivity contribution in [1.82, 2.24) is 8.61 Å². The normalized spacial score (nSPS) is 17.4. The maximum atomic E-state index is 13.5. The zero-order valence-corrected chi connectivity index (χ0v) is 21.1. The molecule has 36 heavy (non-hydrogen) atoms. The third-order valence-electron chi connectivity index (χ3n) is 5.86. The highest BCUT2D eigenvalue weighted by atomic mass is 32.2. The minimum Gasteiger partial charge on any atom is -0.325 e. The first-order chi connectivity index (χ1) is 17.1. The molecule has 1 amide bonds. The number of anilines is 1. The van der Waals surface area contributed by atoms with Crippen LogP contribution in [0.15, 0.2) is 94.7 Å². The van der Waals surface area contributed by atoms with Crippen LogP contribution in [0.3, 0.4) is 0 Å². The van der Waals surface area contributed by atoms with Crippen LogP contribution in [0.25, 0.3) is 0 Å². The van der Waals surface area contributed by atoms with Crippen LogP contribution in [0.1, 0.15) is 17.3 Å². The standard InChI is InChI=1S/C25H25N3O6S2/c1-19(29)20-9-8-10-21(17-20)26-25(30)24-18-27(35(31,32)22-11-4-2-5-12-22)15-16-28(24)36(33,34)23-13-6-3-7-14-23/h2-14,17,24H,15-16,18H2,1H3,(H,26,30)/t24-/m1/s1. The fourth-order valence-electron chi connectivity index (χ4n) is 3.97. The van der Waals surface area contributed by atoms with Crippen molar-refractivity contribution in [2.24, 2.45) is 0 Å². The number of carbonyl (C=O) groups is 2. The van der Waals surface area contributed by atoms with Gasteiger partial charge in [0, 0.05) is 30.9 Å². The molecule has 1 fully saturated rings. The lowest BCUT2D eigenvalue weighted by Gasteiger charge is -2.38. The van der Waals surface area contributed by atoms with E-state index in [9.17, 15) is 26.4 Å². The van der Waals surface area contributed by atoms with Crippen LogP contribution in [-0.2, 0) is 24.8 Å². The molecule has 0 radical (unpaired) electrons. The summed E-state index contributed by atoms with van der Waals surface area (Å²) >= 11 is 0. The Hall–Kier alpha value is -3.38. The molecule has 0 bridgehead atoms. The molecule has 1 heterocycles. The van der Waals surface area contributed by atoms with Gasteiger partial charge in [0.1, 0.15) is 6.04 Å². The van der Waals surface area contributed by atoms with Gasteiger partial charge in [0.2, 0.25) is 26.0 Å². The first kappa shape index (κ1) is 25.7. The second kappa shape index (κ2) is 10.3. The van der Waals surface area contributed by atoms with Gasteiger partial charge in [-0.2, -0.15) is 8.61 Å². The predicted molar refractivity (Wildman–Crippen MR) is 134 cm³/mol. The summed E-state index contributed by atoms with van der Waals surface area (Å²) in [6.07, 6.45) is 0. The van der Waals surface area contributed by atoms with Crippen LogP contribution in [0, 0.1) is 0 Å². The SMILES string of the molecule is CC(=O)c1cccc(NC(=O)[C@H]2CN(S(=O)(=O)c3ccccc3)CCN2S(=O)(=O)c2ccccc2)c1. The van der Waals surface area contributed by atoms with Crippen molar-refractivity contribution in [2.45, 2.75) is 22.8 Å². The van der Waals surface area contributed by atoms with Crippen LogP contribution < -0.4 is 5.32 Å². The summed E-state index contributed by atoms with van der Waals surface area (Å²) in [6, 6.07) is 20.3. The molecule has 1 N–H and O–H groups in total. The number of ketones is 1. The van der Waals surface area contributed by atoms with Crippen molar-refractivity contribution in [2.75, 3.05) is 25.0 Å². The number of carbonyl (C=O) groups excluding carboxylic acids is 2. The highest BCUT2D eigenvalue weighted by molar-refractivity contribution is 7.89. The van der Waals surface area contributed by atoms with Crippen LogP contribution in [0.2, 0.25) is 0 Å². The summed E-state index contributed by atoms with van der Waals surface area (Å²) in [5.41, 5.74) is 0.672. The quantitative estimate of drug-likeness (QED) is 0.472. The Morgan fingerprint density at radius 1 is 0.778 bits per heavy atom. The van der Waals surface area contributed by atoms with E-state index in [1.54, 1.807) is 54.6 Å². The lowest BCUT2D eigenvalue weighted by molar-refractivity contribution is -0.120. The van der Waals surface area contributed by atoms with E-state index in [0.717, 1.165) is 8.61 Å². The Kier molecular flexibility index (Phi) is 7.36. The van der Waals surface area contributed by atoms with Gasteiger partial charge in [-0.3, -0.25) is 9.59 Å². The van der Waals surface area contributed by atoms with E-state index in [2.05, 4.69) is 5.32 Å². The first-order valence-electron chi connectivity index (χ1n) is 11.1. The number of sulfonamides is 2. The molecule has 0 aliphatic carbocycles. The van der Waals surface area contributed by atoms with E-state index >= 15 is 0 Å². The summed E-state index contributed by atoms with van der Waals surface area (Å²) in [6.45, 7) is 0.686. The van der Waals surface area contributed by atoms with Crippen LogP contribution in [0.4, 0.5) is 5.69 Å². The van der Waals surface area contributed by atoms with Crippen LogP contribution in [-0.4, -0.2) is 62.8 Å². The van der Waals surface area contributed by atoms with Crippen molar-refractivity contribution in [1.29, 1.82) is 0 Å². The number of nitrogens with zero attached hydrogens (tertiary/aromatic N) is 2. The van der Waals surface area contributed by atoms with Crippen molar-refractivity contribution >= 4 is 37.4 Å². The molecule has 0 saturated carbocycles. The Morgan fingerprint density at radius 3 is 1.94 bits per heavy atom. The highest BCUT2D eigenvalue weighted by Gasteiger charge is 2.43. The average molecular weight is 528 g/mol. The third-order valence-corrected chi connectivity index (χ3v) is 9.67.